The van der Waals surface area contributed by atoms with E-state index < -0.39 is 0 Å². The van der Waals surface area contributed by atoms with Gasteiger partial charge < -0.3 is 9.47 Å². The van der Waals surface area contributed by atoms with Crippen molar-refractivity contribution in [1.29, 1.82) is 0 Å². The molecule has 2 saturated carbocycles. The third kappa shape index (κ3) is 5.51. The SMILES string of the molecule is CCC1CCC(OC(=O)c2ccc3cc(C(=O)OC4CCC(CC)CC4)ccc3c2)CC1. The Hall–Kier alpha value is -2.36. The highest BCUT2D eigenvalue weighted by molar-refractivity contribution is 5.99. The third-order valence-corrected chi connectivity index (χ3v) is 7.60. The molecule has 4 heteroatoms. The van der Waals surface area contributed by atoms with Gasteiger partial charge in [0.1, 0.15) is 12.2 Å². The minimum Gasteiger partial charge on any atom is -0.459 e. The quantitative estimate of drug-likeness (QED) is 0.454. The number of fused-ring (bicyclic) bond motifs is 1. The van der Waals surface area contributed by atoms with Gasteiger partial charge in [0.15, 0.2) is 0 Å². The van der Waals surface area contributed by atoms with Gasteiger partial charge in [-0.05, 0) is 98.2 Å². The van der Waals surface area contributed by atoms with Gasteiger partial charge >= 0.3 is 11.9 Å². The molecule has 0 amide bonds. The fourth-order valence-corrected chi connectivity index (χ4v) is 5.25. The second-order valence-corrected chi connectivity index (χ2v) is 9.69. The first-order valence-electron chi connectivity index (χ1n) is 12.5. The summed E-state index contributed by atoms with van der Waals surface area (Å²) in [4.78, 5) is 25.3. The Kier molecular flexibility index (Phi) is 7.49. The van der Waals surface area contributed by atoms with Crippen molar-refractivity contribution in [1.82, 2.24) is 0 Å². The molecule has 0 spiro atoms. The Balaban J connectivity index is 1.36. The largest absolute Gasteiger partial charge is 0.459 e. The van der Waals surface area contributed by atoms with Crippen LogP contribution in [0, 0.1) is 11.8 Å². The summed E-state index contributed by atoms with van der Waals surface area (Å²) in [5.74, 6) is 1.05. The van der Waals surface area contributed by atoms with E-state index in [4.69, 9.17) is 9.47 Å². The summed E-state index contributed by atoms with van der Waals surface area (Å²) in [6.45, 7) is 4.46. The van der Waals surface area contributed by atoms with E-state index >= 15 is 0 Å². The lowest BCUT2D eigenvalue weighted by molar-refractivity contribution is 0.0155. The zero-order chi connectivity index (χ0) is 22.5. The summed E-state index contributed by atoms with van der Waals surface area (Å²) in [7, 11) is 0. The van der Waals surface area contributed by atoms with Crippen molar-refractivity contribution in [2.45, 2.75) is 90.3 Å². The van der Waals surface area contributed by atoms with E-state index in [1.54, 1.807) is 12.1 Å². The average Bonchev–Trinajstić information content (AvgIpc) is 2.84. The van der Waals surface area contributed by atoms with Gasteiger partial charge in [0.2, 0.25) is 0 Å². The lowest BCUT2D eigenvalue weighted by Gasteiger charge is -2.27. The molecule has 0 bridgehead atoms. The number of rotatable bonds is 6. The van der Waals surface area contributed by atoms with Crippen molar-refractivity contribution in [3.05, 3.63) is 47.5 Å². The molecule has 0 saturated heterocycles. The van der Waals surface area contributed by atoms with Crippen LogP contribution in [0.25, 0.3) is 10.8 Å². The van der Waals surface area contributed by atoms with Crippen LogP contribution >= 0.6 is 0 Å². The van der Waals surface area contributed by atoms with Gasteiger partial charge in [-0.15, -0.1) is 0 Å². The van der Waals surface area contributed by atoms with E-state index in [-0.39, 0.29) is 24.1 Å². The molecule has 0 unspecified atom stereocenters. The predicted molar refractivity (Wildman–Crippen MR) is 127 cm³/mol. The highest BCUT2D eigenvalue weighted by Gasteiger charge is 2.25. The van der Waals surface area contributed by atoms with Gasteiger partial charge in [-0.3, -0.25) is 0 Å². The van der Waals surface area contributed by atoms with Crippen LogP contribution in [0.3, 0.4) is 0 Å². The molecule has 4 nitrogen and oxygen atoms in total. The Morgan fingerprint density at radius 2 is 1.03 bits per heavy atom. The molecule has 0 N–H and O–H groups in total. The van der Waals surface area contributed by atoms with Crippen molar-refractivity contribution in [2.24, 2.45) is 11.8 Å². The van der Waals surface area contributed by atoms with Crippen molar-refractivity contribution in [2.75, 3.05) is 0 Å². The molecule has 2 aliphatic carbocycles. The van der Waals surface area contributed by atoms with Crippen LogP contribution in [0.5, 0.6) is 0 Å². The maximum atomic E-state index is 12.7. The van der Waals surface area contributed by atoms with E-state index in [0.29, 0.717) is 11.1 Å². The van der Waals surface area contributed by atoms with Gasteiger partial charge in [-0.25, -0.2) is 9.59 Å². The Morgan fingerprint density at radius 3 is 1.38 bits per heavy atom. The van der Waals surface area contributed by atoms with Crippen molar-refractivity contribution in [3.8, 4) is 0 Å². The summed E-state index contributed by atoms with van der Waals surface area (Å²) in [5, 5.41) is 1.85. The maximum absolute atomic E-state index is 12.7. The van der Waals surface area contributed by atoms with Gasteiger partial charge in [0.25, 0.3) is 0 Å². The number of hydrogen-bond acceptors (Lipinski definition) is 4. The number of ether oxygens (including phenoxy) is 2. The molecule has 2 aliphatic rings. The van der Waals surface area contributed by atoms with Crippen LogP contribution in [-0.2, 0) is 9.47 Å². The number of benzene rings is 2. The Bertz CT molecular complexity index is 856. The predicted octanol–water partition coefficient (Wildman–Crippen LogP) is 7.09. The molecule has 2 aromatic rings. The highest BCUT2D eigenvalue weighted by Crippen LogP contribution is 2.30. The smallest absolute Gasteiger partial charge is 0.338 e. The topological polar surface area (TPSA) is 52.6 Å². The molecule has 0 atom stereocenters. The fraction of sp³-hybridized carbons (Fsp3) is 0.571. The molecular formula is C28H36O4. The van der Waals surface area contributed by atoms with E-state index in [1.165, 1.54) is 12.8 Å². The van der Waals surface area contributed by atoms with Crippen LogP contribution in [0.4, 0.5) is 0 Å². The minimum atomic E-state index is -0.252. The van der Waals surface area contributed by atoms with E-state index in [2.05, 4.69) is 13.8 Å². The van der Waals surface area contributed by atoms with Gasteiger partial charge in [-0.1, -0.05) is 38.8 Å². The minimum absolute atomic E-state index is 0.0329. The van der Waals surface area contributed by atoms with E-state index in [1.807, 2.05) is 24.3 Å². The van der Waals surface area contributed by atoms with Crippen LogP contribution in [0.1, 0.15) is 98.8 Å². The highest BCUT2D eigenvalue weighted by atomic mass is 16.5. The van der Waals surface area contributed by atoms with Gasteiger partial charge in [0.05, 0.1) is 11.1 Å². The first-order chi connectivity index (χ1) is 15.6. The number of carbonyl (C=O) groups is 2. The van der Waals surface area contributed by atoms with Gasteiger partial charge in [-0.2, -0.15) is 0 Å². The molecule has 2 aromatic carbocycles. The summed E-state index contributed by atoms with van der Waals surface area (Å²) in [6, 6.07) is 11.1. The van der Waals surface area contributed by atoms with Crippen LogP contribution in [0.2, 0.25) is 0 Å². The van der Waals surface area contributed by atoms with E-state index in [0.717, 1.165) is 74.0 Å². The van der Waals surface area contributed by atoms with Crippen LogP contribution < -0.4 is 0 Å². The molecule has 0 aliphatic heterocycles. The molecule has 4 rings (SSSR count). The number of hydrogen-bond donors (Lipinski definition) is 0. The number of esters is 2. The first kappa shape index (κ1) is 22.8. The Labute approximate surface area is 191 Å². The standard InChI is InChI=1S/C28H36O4/c1-3-19-5-13-25(14-6-19)31-27(29)23-11-9-22-18-24(12-10-21(22)17-23)28(30)32-26-15-7-20(4-2)8-16-26/h9-12,17-20,25-26H,3-8,13-16H2,1-2H3. The van der Waals surface area contributed by atoms with Crippen molar-refractivity contribution < 1.29 is 19.1 Å². The normalized spacial score (nSPS) is 25.9. The average molecular weight is 437 g/mol. The molecule has 172 valence electrons. The summed E-state index contributed by atoms with van der Waals surface area (Å²) in [6.07, 6.45) is 10.9. The van der Waals surface area contributed by atoms with Gasteiger partial charge in [0, 0.05) is 0 Å². The van der Waals surface area contributed by atoms with Crippen molar-refractivity contribution >= 4 is 22.7 Å². The molecular weight excluding hydrogens is 400 g/mol. The third-order valence-electron chi connectivity index (χ3n) is 7.60. The molecule has 0 aromatic heterocycles. The van der Waals surface area contributed by atoms with Crippen molar-refractivity contribution in [3.63, 3.8) is 0 Å². The number of carbonyl (C=O) groups excluding carboxylic acids is 2. The molecule has 0 radical (unpaired) electrons. The zero-order valence-electron chi connectivity index (χ0n) is 19.5. The first-order valence-corrected chi connectivity index (χ1v) is 12.5. The summed E-state index contributed by atoms with van der Waals surface area (Å²) < 4.78 is 11.5. The maximum Gasteiger partial charge on any atom is 0.338 e. The summed E-state index contributed by atoms with van der Waals surface area (Å²) in [5.41, 5.74) is 1.14. The van der Waals surface area contributed by atoms with E-state index in [9.17, 15) is 9.59 Å². The second kappa shape index (κ2) is 10.5. The molecule has 0 heterocycles. The monoisotopic (exact) mass is 436 g/mol. The fourth-order valence-electron chi connectivity index (χ4n) is 5.25. The van der Waals surface area contributed by atoms with Crippen LogP contribution in [-0.4, -0.2) is 24.1 Å². The van der Waals surface area contributed by atoms with Crippen LogP contribution in [0.15, 0.2) is 36.4 Å². The lowest BCUT2D eigenvalue weighted by Crippen LogP contribution is -2.24. The second-order valence-electron chi connectivity index (χ2n) is 9.69. The Morgan fingerprint density at radius 1 is 0.656 bits per heavy atom. The zero-order valence-corrected chi connectivity index (χ0v) is 19.5. The molecule has 2 fully saturated rings. The lowest BCUT2D eigenvalue weighted by atomic mass is 9.86. The summed E-state index contributed by atoms with van der Waals surface area (Å²) >= 11 is 0. The molecule has 32 heavy (non-hydrogen) atoms.